The first-order valence-electron chi connectivity index (χ1n) is 6.97. The Morgan fingerprint density at radius 3 is 2.75 bits per heavy atom. The topological polar surface area (TPSA) is 53.7 Å². The summed E-state index contributed by atoms with van der Waals surface area (Å²) in [7, 11) is 1.93. The van der Waals surface area contributed by atoms with E-state index >= 15 is 0 Å². The fraction of sp³-hybridized carbons (Fsp3) is 0.438. The van der Waals surface area contributed by atoms with Gasteiger partial charge in [0.05, 0.1) is 12.5 Å². The van der Waals surface area contributed by atoms with Gasteiger partial charge in [-0.2, -0.15) is 0 Å². The molecule has 0 radical (unpaired) electrons. The normalized spacial score (nSPS) is 13.0. The zero-order valence-corrected chi connectivity index (χ0v) is 12.2. The highest BCUT2D eigenvalue weighted by molar-refractivity contribution is 5.82. The van der Waals surface area contributed by atoms with Crippen LogP contribution in [-0.2, 0) is 11.2 Å². The number of furan rings is 1. The molecule has 1 atom stereocenters. The largest absolute Gasteiger partial charge is 0.481 e. The molecule has 0 bridgehead atoms. The Labute approximate surface area is 119 Å². The van der Waals surface area contributed by atoms with E-state index in [1.54, 1.807) is 0 Å². The number of fused-ring (bicyclic) bond motifs is 1. The minimum absolute atomic E-state index is 0.0664. The molecule has 4 heteroatoms. The van der Waals surface area contributed by atoms with Gasteiger partial charge >= 0.3 is 5.97 Å². The Hall–Kier alpha value is -1.81. The van der Waals surface area contributed by atoms with Crippen LogP contribution in [0.15, 0.2) is 28.7 Å². The minimum Gasteiger partial charge on any atom is -0.481 e. The maximum Gasteiger partial charge on any atom is 0.304 e. The molecule has 1 N–H and O–H groups in total. The molecule has 0 aliphatic carbocycles. The molecule has 0 amide bonds. The lowest BCUT2D eigenvalue weighted by Gasteiger charge is -2.23. The molecule has 1 aromatic heterocycles. The number of carboxylic acids is 1. The van der Waals surface area contributed by atoms with Crippen molar-refractivity contribution in [2.45, 2.75) is 32.7 Å². The molecule has 1 unspecified atom stereocenters. The molecule has 0 fully saturated rings. The fourth-order valence-corrected chi connectivity index (χ4v) is 2.49. The van der Waals surface area contributed by atoms with Crippen LogP contribution in [0.4, 0.5) is 0 Å². The van der Waals surface area contributed by atoms with Crippen LogP contribution in [0.3, 0.4) is 0 Å². The van der Waals surface area contributed by atoms with Crippen molar-refractivity contribution in [1.29, 1.82) is 0 Å². The predicted octanol–water partition coefficient (Wildman–Crippen LogP) is 3.46. The van der Waals surface area contributed by atoms with Crippen molar-refractivity contribution < 1.29 is 14.3 Å². The Bertz CT molecular complexity index is 603. The number of rotatable bonds is 6. The van der Waals surface area contributed by atoms with E-state index in [4.69, 9.17) is 9.52 Å². The lowest BCUT2D eigenvalue weighted by Crippen LogP contribution is -2.25. The number of carbonyl (C=O) groups is 1. The molecule has 0 saturated heterocycles. The summed E-state index contributed by atoms with van der Waals surface area (Å²) in [4.78, 5) is 12.7. The van der Waals surface area contributed by atoms with E-state index in [2.05, 4.69) is 19.9 Å². The number of nitrogens with zero attached hydrogens (tertiary/aromatic N) is 1. The molecule has 1 aromatic carbocycles. The van der Waals surface area contributed by atoms with Crippen molar-refractivity contribution in [2.75, 3.05) is 13.6 Å². The van der Waals surface area contributed by atoms with Gasteiger partial charge in [0.2, 0.25) is 0 Å². The van der Waals surface area contributed by atoms with Crippen molar-refractivity contribution in [3.8, 4) is 0 Å². The monoisotopic (exact) mass is 275 g/mol. The summed E-state index contributed by atoms with van der Waals surface area (Å²) in [6.07, 6.45) is 1.05. The molecule has 108 valence electrons. The number of benzene rings is 1. The smallest absolute Gasteiger partial charge is 0.304 e. The van der Waals surface area contributed by atoms with Gasteiger partial charge in [-0.05, 0) is 26.5 Å². The molecule has 0 aliphatic rings. The molecule has 0 saturated carbocycles. The molecular weight excluding hydrogens is 254 g/mol. The average molecular weight is 275 g/mol. The second-order valence-corrected chi connectivity index (χ2v) is 5.09. The summed E-state index contributed by atoms with van der Waals surface area (Å²) in [6.45, 7) is 4.68. The van der Waals surface area contributed by atoms with Crippen molar-refractivity contribution in [3.05, 3.63) is 35.6 Å². The maximum absolute atomic E-state index is 10.7. The zero-order chi connectivity index (χ0) is 14.7. The van der Waals surface area contributed by atoms with Gasteiger partial charge in [0.15, 0.2) is 0 Å². The molecule has 0 aliphatic heterocycles. The number of para-hydroxylation sites is 1. The highest BCUT2D eigenvalue weighted by atomic mass is 16.4. The molecule has 0 spiro atoms. The minimum atomic E-state index is -0.774. The summed E-state index contributed by atoms with van der Waals surface area (Å²) in [5.41, 5.74) is 2.12. The SMILES string of the molecule is CCc1c(C(C)N(C)CCC(=O)O)oc2ccccc12. The second kappa shape index (κ2) is 6.09. The summed E-state index contributed by atoms with van der Waals surface area (Å²) in [5.74, 6) is 0.172. The summed E-state index contributed by atoms with van der Waals surface area (Å²) in [5, 5.41) is 9.94. The van der Waals surface area contributed by atoms with Gasteiger partial charge in [-0.25, -0.2) is 0 Å². The quantitative estimate of drug-likeness (QED) is 0.877. The van der Waals surface area contributed by atoms with E-state index in [1.165, 1.54) is 5.56 Å². The lowest BCUT2D eigenvalue weighted by molar-refractivity contribution is -0.137. The second-order valence-electron chi connectivity index (χ2n) is 5.09. The molecule has 4 nitrogen and oxygen atoms in total. The number of carboxylic acid groups (broad SMARTS) is 1. The predicted molar refractivity (Wildman–Crippen MR) is 78.9 cm³/mol. The van der Waals surface area contributed by atoms with Crippen LogP contribution in [0.2, 0.25) is 0 Å². The van der Waals surface area contributed by atoms with Crippen LogP contribution in [-0.4, -0.2) is 29.6 Å². The van der Waals surface area contributed by atoms with Gasteiger partial charge < -0.3 is 9.52 Å². The number of hydrogen-bond acceptors (Lipinski definition) is 3. The first-order valence-corrected chi connectivity index (χ1v) is 6.97. The maximum atomic E-state index is 10.7. The van der Waals surface area contributed by atoms with E-state index in [0.717, 1.165) is 23.2 Å². The van der Waals surface area contributed by atoms with Crippen LogP contribution in [0.25, 0.3) is 11.0 Å². The Morgan fingerprint density at radius 1 is 1.40 bits per heavy atom. The standard InChI is InChI=1S/C16H21NO3/c1-4-12-13-7-5-6-8-14(13)20-16(12)11(2)17(3)10-9-15(18)19/h5-8,11H,4,9-10H2,1-3H3,(H,18,19). The first kappa shape index (κ1) is 14.6. The third-order valence-electron chi connectivity index (χ3n) is 3.80. The summed E-state index contributed by atoms with van der Waals surface area (Å²) >= 11 is 0. The third kappa shape index (κ3) is 2.85. The van der Waals surface area contributed by atoms with Gasteiger partial charge in [0.25, 0.3) is 0 Å². The van der Waals surface area contributed by atoms with Crippen LogP contribution >= 0.6 is 0 Å². The van der Waals surface area contributed by atoms with Crippen LogP contribution < -0.4 is 0 Å². The Balaban J connectivity index is 2.29. The van der Waals surface area contributed by atoms with E-state index < -0.39 is 5.97 Å². The number of hydrogen-bond donors (Lipinski definition) is 1. The molecule has 2 aromatic rings. The van der Waals surface area contributed by atoms with Gasteiger partial charge in [0, 0.05) is 17.5 Å². The van der Waals surface area contributed by atoms with Crippen molar-refractivity contribution in [3.63, 3.8) is 0 Å². The third-order valence-corrected chi connectivity index (χ3v) is 3.80. The van der Waals surface area contributed by atoms with Gasteiger partial charge in [-0.15, -0.1) is 0 Å². The zero-order valence-electron chi connectivity index (χ0n) is 12.2. The van der Waals surface area contributed by atoms with Crippen molar-refractivity contribution >= 4 is 16.9 Å². The Morgan fingerprint density at radius 2 is 2.10 bits per heavy atom. The number of aryl methyl sites for hydroxylation is 1. The van der Waals surface area contributed by atoms with Gasteiger partial charge in [-0.3, -0.25) is 9.69 Å². The van der Waals surface area contributed by atoms with E-state index in [1.807, 2.05) is 30.1 Å². The molecule has 20 heavy (non-hydrogen) atoms. The Kier molecular flexibility index (Phi) is 4.45. The van der Waals surface area contributed by atoms with E-state index in [9.17, 15) is 4.79 Å². The molecule has 1 heterocycles. The van der Waals surface area contributed by atoms with Gasteiger partial charge in [0.1, 0.15) is 11.3 Å². The van der Waals surface area contributed by atoms with Crippen molar-refractivity contribution in [2.24, 2.45) is 0 Å². The van der Waals surface area contributed by atoms with Crippen molar-refractivity contribution in [1.82, 2.24) is 4.90 Å². The van der Waals surface area contributed by atoms with Gasteiger partial charge in [-0.1, -0.05) is 25.1 Å². The van der Waals surface area contributed by atoms with Crippen LogP contribution in [0.1, 0.15) is 37.6 Å². The van der Waals surface area contributed by atoms with E-state index in [0.29, 0.717) is 6.54 Å². The highest BCUT2D eigenvalue weighted by Gasteiger charge is 2.21. The lowest BCUT2D eigenvalue weighted by atomic mass is 10.0. The first-order chi connectivity index (χ1) is 9.54. The highest BCUT2D eigenvalue weighted by Crippen LogP contribution is 2.32. The summed E-state index contributed by atoms with van der Waals surface area (Å²) in [6, 6.07) is 8.09. The summed E-state index contributed by atoms with van der Waals surface area (Å²) < 4.78 is 5.99. The fourth-order valence-electron chi connectivity index (χ4n) is 2.49. The molecular formula is C16H21NO3. The van der Waals surface area contributed by atoms with E-state index in [-0.39, 0.29) is 12.5 Å². The number of aliphatic carboxylic acids is 1. The average Bonchev–Trinajstić information content (AvgIpc) is 2.82. The molecule has 2 rings (SSSR count). The van der Waals surface area contributed by atoms with Crippen LogP contribution in [0.5, 0.6) is 0 Å². The van der Waals surface area contributed by atoms with Crippen LogP contribution in [0, 0.1) is 0 Å².